The average molecular weight is 227 g/mol. The highest BCUT2D eigenvalue weighted by atomic mass is 16.3. The lowest BCUT2D eigenvalue weighted by molar-refractivity contribution is -0.135. The molecule has 1 aliphatic heterocycles. The second-order valence-electron chi connectivity index (χ2n) is 4.47. The molecule has 0 aromatic rings. The molecule has 4 heteroatoms. The molecule has 1 rings (SSSR count). The minimum Gasteiger partial charge on any atom is -0.394 e. The van der Waals surface area contributed by atoms with E-state index in [0.29, 0.717) is 6.42 Å². The Hall–Kier alpha value is -0.900. The first kappa shape index (κ1) is 13.2. The molecule has 1 aliphatic rings. The largest absolute Gasteiger partial charge is 0.394 e. The van der Waals surface area contributed by atoms with Gasteiger partial charge < -0.3 is 14.8 Å². The minimum atomic E-state index is -0.0399. The lowest BCUT2D eigenvalue weighted by Gasteiger charge is -2.28. The number of carbonyl (C=O) groups excluding carboxylic acids is 2. The highest BCUT2D eigenvalue weighted by Gasteiger charge is 2.24. The van der Waals surface area contributed by atoms with Crippen molar-refractivity contribution in [2.75, 3.05) is 13.2 Å². The van der Waals surface area contributed by atoms with Crippen LogP contribution in [0.1, 0.15) is 45.4 Å². The van der Waals surface area contributed by atoms with Gasteiger partial charge >= 0.3 is 0 Å². The average Bonchev–Trinajstić information content (AvgIpc) is 2.50. The fraction of sp³-hybridized carbons (Fsp3) is 0.833. The molecule has 0 aromatic heterocycles. The predicted octanol–water partition coefficient (Wildman–Crippen LogP) is 1.12. The maximum Gasteiger partial charge on any atom is 0.223 e. The van der Waals surface area contributed by atoms with Crippen LogP contribution in [-0.4, -0.2) is 40.9 Å². The summed E-state index contributed by atoms with van der Waals surface area (Å²) in [5, 5.41) is 9.25. The predicted molar refractivity (Wildman–Crippen MR) is 61.0 cm³/mol. The molecule has 1 fully saturated rings. The lowest BCUT2D eigenvalue weighted by Crippen LogP contribution is -2.42. The van der Waals surface area contributed by atoms with Crippen molar-refractivity contribution >= 4 is 11.7 Å². The molecular weight excluding hydrogens is 206 g/mol. The van der Waals surface area contributed by atoms with E-state index in [-0.39, 0.29) is 30.8 Å². The summed E-state index contributed by atoms with van der Waals surface area (Å²) in [4.78, 5) is 24.5. The second kappa shape index (κ2) is 6.63. The third-order valence-corrected chi connectivity index (χ3v) is 3.10. The number of amides is 1. The van der Waals surface area contributed by atoms with E-state index in [1.165, 1.54) is 6.92 Å². The number of hydrogen-bond acceptors (Lipinski definition) is 3. The van der Waals surface area contributed by atoms with Gasteiger partial charge in [0.1, 0.15) is 5.78 Å². The molecule has 1 unspecified atom stereocenters. The van der Waals surface area contributed by atoms with Crippen molar-refractivity contribution in [3.63, 3.8) is 0 Å². The highest BCUT2D eigenvalue weighted by molar-refractivity contribution is 5.83. The molecular formula is C12H21NO3. The van der Waals surface area contributed by atoms with E-state index in [0.717, 1.165) is 32.2 Å². The van der Waals surface area contributed by atoms with Gasteiger partial charge in [0.25, 0.3) is 0 Å². The number of ketones is 1. The summed E-state index contributed by atoms with van der Waals surface area (Å²) < 4.78 is 0. The molecule has 1 heterocycles. The lowest BCUT2D eigenvalue weighted by atomic mass is 10.1. The Labute approximate surface area is 96.6 Å². The molecule has 0 aromatic carbocycles. The Morgan fingerprint density at radius 1 is 1.25 bits per heavy atom. The van der Waals surface area contributed by atoms with Crippen LogP contribution in [0.5, 0.6) is 0 Å². The van der Waals surface area contributed by atoms with Crippen molar-refractivity contribution in [1.82, 2.24) is 4.90 Å². The summed E-state index contributed by atoms with van der Waals surface area (Å²) >= 11 is 0. The maximum atomic E-state index is 11.9. The smallest absolute Gasteiger partial charge is 0.223 e. The Kier molecular flexibility index (Phi) is 5.46. The van der Waals surface area contributed by atoms with Crippen molar-refractivity contribution in [3.8, 4) is 0 Å². The van der Waals surface area contributed by atoms with Crippen LogP contribution < -0.4 is 0 Å². The summed E-state index contributed by atoms with van der Waals surface area (Å²) in [6, 6.07) is -0.0399. The Morgan fingerprint density at radius 2 is 2.00 bits per heavy atom. The van der Waals surface area contributed by atoms with E-state index >= 15 is 0 Å². The van der Waals surface area contributed by atoms with E-state index < -0.39 is 0 Å². The van der Waals surface area contributed by atoms with Crippen molar-refractivity contribution in [2.24, 2.45) is 0 Å². The van der Waals surface area contributed by atoms with Crippen molar-refractivity contribution < 1.29 is 14.7 Å². The molecule has 0 spiro atoms. The number of aliphatic hydroxyl groups excluding tert-OH is 1. The summed E-state index contributed by atoms with van der Waals surface area (Å²) in [7, 11) is 0. The number of nitrogens with zero attached hydrogens (tertiary/aromatic N) is 1. The van der Waals surface area contributed by atoms with E-state index in [2.05, 4.69) is 0 Å². The zero-order valence-corrected chi connectivity index (χ0v) is 9.95. The fourth-order valence-electron chi connectivity index (χ4n) is 2.12. The van der Waals surface area contributed by atoms with Crippen LogP contribution in [0.4, 0.5) is 0 Å². The van der Waals surface area contributed by atoms with Crippen LogP contribution in [0, 0.1) is 0 Å². The quantitative estimate of drug-likeness (QED) is 0.783. The van der Waals surface area contributed by atoms with Crippen molar-refractivity contribution in [2.45, 2.75) is 51.5 Å². The first-order chi connectivity index (χ1) is 7.65. The van der Waals surface area contributed by atoms with Crippen LogP contribution in [0.25, 0.3) is 0 Å². The van der Waals surface area contributed by atoms with Gasteiger partial charge in [-0.05, 0) is 19.8 Å². The standard InChI is InChI=1S/C12H21NO3/c1-10(15)6-7-12(16)13-8-4-2-3-5-11(13)9-14/h11,14H,2-9H2,1H3. The molecule has 0 aliphatic carbocycles. The molecule has 1 atom stereocenters. The zero-order valence-electron chi connectivity index (χ0n) is 9.95. The maximum absolute atomic E-state index is 11.9. The molecule has 0 radical (unpaired) electrons. The number of likely N-dealkylation sites (tertiary alicyclic amines) is 1. The SMILES string of the molecule is CC(=O)CCC(=O)N1CCCCCC1CO. The van der Waals surface area contributed by atoms with E-state index in [1.54, 1.807) is 4.90 Å². The van der Waals surface area contributed by atoms with Crippen molar-refractivity contribution in [1.29, 1.82) is 0 Å². The van der Waals surface area contributed by atoms with E-state index in [9.17, 15) is 14.7 Å². The number of carbonyl (C=O) groups is 2. The third kappa shape index (κ3) is 3.93. The summed E-state index contributed by atoms with van der Waals surface area (Å²) in [6.45, 7) is 2.26. The highest BCUT2D eigenvalue weighted by Crippen LogP contribution is 2.17. The van der Waals surface area contributed by atoms with E-state index in [4.69, 9.17) is 0 Å². The van der Waals surface area contributed by atoms with Gasteiger partial charge in [-0.25, -0.2) is 0 Å². The molecule has 0 saturated carbocycles. The topological polar surface area (TPSA) is 57.6 Å². The van der Waals surface area contributed by atoms with Crippen molar-refractivity contribution in [3.05, 3.63) is 0 Å². The number of hydrogen-bond donors (Lipinski definition) is 1. The van der Waals surface area contributed by atoms with Gasteiger partial charge in [0.15, 0.2) is 0 Å². The van der Waals surface area contributed by atoms with E-state index in [1.807, 2.05) is 0 Å². The Balaban J connectivity index is 2.52. The Bertz CT molecular complexity index is 253. The van der Waals surface area contributed by atoms with Gasteiger partial charge in [0, 0.05) is 19.4 Å². The molecule has 0 bridgehead atoms. The number of rotatable bonds is 4. The molecule has 1 amide bonds. The first-order valence-electron chi connectivity index (χ1n) is 6.05. The van der Waals surface area contributed by atoms with Gasteiger partial charge in [-0.1, -0.05) is 12.8 Å². The van der Waals surface area contributed by atoms with Crippen LogP contribution in [0.3, 0.4) is 0 Å². The normalized spacial score (nSPS) is 21.6. The van der Waals surface area contributed by atoms with Gasteiger partial charge in [-0.2, -0.15) is 0 Å². The van der Waals surface area contributed by atoms with Crippen LogP contribution in [-0.2, 0) is 9.59 Å². The monoisotopic (exact) mass is 227 g/mol. The summed E-state index contributed by atoms with van der Waals surface area (Å²) in [5.74, 6) is 0.0554. The van der Waals surface area contributed by atoms with Gasteiger partial charge in [0.2, 0.25) is 5.91 Å². The third-order valence-electron chi connectivity index (χ3n) is 3.10. The molecule has 4 nitrogen and oxygen atoms in total. The minimum absolute atomic E-state index is 0.0103. The zero-order chi connectivity index (χ0) is 12.0. The van der Waals surface area contributed by atoms with Gasteiger partial charge in [-0.3, -0.25) is 4.79 Å². The van der Waals surface area contributed by atoms with Crippen LogP contribution >= 0.6 is 0 Å². The van der Waals surface area contributed by atoms with Gasteiger partial charge in [0.05, 0.1) is 12.6 Å². The molecule has 92 valence electrons. The first-order valence-corrected chi connectivity index (χ1v) is 6.05. The molecule has 1 N–H and O–H groups in total. The summed E-state index contributed by atoms with van der Waals surface area (Å²) in [5.41, 5.74) is 0. The van der Waals surface area contributed by atoms with Gasteiger partial charge in [-0.15, -0.1) is 0 Å². The van der Waals surface area contributed by atoms with Crippen LogP contribution in [0.2, 0.25) is 0 Å². The van der Waals surface area contributed by atoms with Crippen LogP contribution in [0.15, 0.2) is 0 Å². The Morgan fingerprint density at radius 3 is 2.62 bits per heavy atom. The fourth-order valence-corrected chi connectivity index (χ4v) is 2.12. The number of Topliss-reactive ketones (excluding diaryl/α,β-unsaturated/α-hetero) is 1. The molecule has 1 saturated heterocycles. The summed E-state index contributed by atoms with van der Waals surface area (Å²) in [6.07, 6.45) is 4.67. The number of aliphatic hydroxyl groups is 1. The molecule has 16 heavy (non-hydrogen) atoms. The second-order valence-corrected chi connectivity index (χ2v) is 4.47.